The largest absolute Gasteiger partial charge is 0.341 e. The summed E-state index contributed by atoms with van der Waals surface area (Å²) in [5, 5.41) is 2.92. The Balaban J connectivity index is 0.00000280. The van der Waals surface area contributed by atoms with Crippen LogP contribution in [0.25, 0.3) is 0 Å². The van der Waals surface area contributed by atoms with Crippen molar-refractivity contribution in [1.29, 1.82) is 0 Å². The van der Waals surface area contributed by atoms with Gasteiger partial charge in [0.1, 0.15) is 12.1 Å². The Morgan fingerprint density at radius 2 is 1.71 bits per heavy atom. The van der Waals surface area contributed by atoms with Crippen molar-refractivity contribution in [2.75, 3.05) is 26.2 Å². The number of nitrogens with two attached hydrogens (primary N) is 1. The van der Waals surface area contributed by atoms with Crippen LogP contribution >= 0.6 is 12.4 Å². The number of nitrogens with one attached hydrogen (secondary N) is 1. The fraction of sp³-hybridized carbons (Fsp3) is 0.850. The number of urea groups is 1. The standard InChI is InChI=1S/C20H34N4O3.ClH/c1-19(2,3)15-4-8-20(9-5-15)17(26)24(18(27)22-20)13-16(25)23-10-6-14(12-21)7-11-23;/h14-15H,4-13,21H2,1-3H3,(H,22,27);1H. The fourth-order valence-electron chi connectivity index (χ4n) is 4.79. The predicted octanol–water partition coefficient (Wildman–Crippen LogP) is 2.13. The summed E-state index contributed by atoms with van der Waals surface area (Å²) in [4.78, 5) is 41.0. The molecule has 3 aliphatic rings. The van der Waals surface area contributed by atoms with E-state index in [2.05, 4.69) is 26.1 Å². The highest BCUT2D eigenvalue weighted by atomic mass is 35.5. The van der Waals surface area contributed by atoms with Gasteiger partial charge < -0.3 is 16.0 Å². The molecule has 0 aromatic carbocycles. The summed E-state index contributed by atoms with van der Waals surface area (Å²) in [6.45, 7) is 8.48. The van der Waals surface area contributed by atoms with E-state index in [1.165, 1.54) is 0 Å². The van der Waals surface area contributed by atoms with Gasteiger partial charge in [-0.25, -0.2) is 4.79 Å². The van der Waals surface area contributed by atoms with Crippen LogP contribution in [-0.2, 0) is 9.59 Å². The number of nitrogens with zero attached hydrogens (tertiary/aromatic N) is 2. The zero-order valence-electron chi connectivity index (χ0n) is 17.3. The number of halogens is 1. The molecule has 28 heavy (non-hydrogen) atoms. The molecular formula is C20H35ClN4O3. The summed E-state index contributed by atoms with van der Waals surface area (Å²) in [5.41, 5.74) is 5.11. The van der Waals surface area contributed by atoms with E-state index in [9.17, 15) is 14.4 Å². The number of hydrogen-bond donors (Lipinski definition) is 2. The minimum atomic E-state index is -0.800. The van der Waals surface area contributed by atoms with Crippen molar-refractivity contribution < 1.29 is 14.4 Å². The van der Waals surface area contributed by atoms with Gasteiger partial charge in [0.15, 0.2) is 0 Å². The molecule has 160 valence electrons. The van der Waals surface area contributed by atoms with Gasteiger partial charge >= 0.3 is 6.03 Å². The molecule has 2 saturated heterocycles. The summed E-state index contributed by atoms with van der Waals surface area (Å²) >= 11 is 0. The topological polar surface area (TPSA) is 95.7 Å². The van der Waals surface area contributed by atoms with Crippen LogP contribution in [0.3, 0.4) is 0 Å². The van der Waals surface area contributed by atoms with Crippen LogP contribution in [-0.4, -0.2) is 59.4 Å². The summed E-state index contributed by atoms with van der Waals surface area (Å²) < 4.78 is 0. The molecule has 3 rings (SSSR count). The predicted molar refractivity (Wildman–Crippen MR) is 110 cm³/mol. The minimum Gasteiger partial charge on any atom is -0.341 e. The van der Waals surface area contributed by atoms with Gasteiger partial charge in [0.05, 0.1) is 0 Å². The highest BCUT2D eigenvalue weighted by Gasteiger charge is 2.53. The van der Waals surface area contributed by atoms with E-state index in [1.807, 2.05) is 0 Å². The molecule has 3 fully saturated rings. The average Bonchev–Trinajstić information content (AvgIpc) is 2.85. The van der Waals surface area contributed by atoms with Crippen molar-refractivity contribution in [3.05, 3.63) is 0 Å². The molecule has 3 N–H and O–H groups in total. The van der Waals surface area contributed by atoms with E-state index in [0.717, 1.165) is 30.6 Å². The van der Waals surface area contributed by atoms with Crippen molar-refractivity contribution in [1.82, 2.24) is 15.1 Å². The van der Waals surface area contributed by atoms with Crippen LogP contribution in [0.15, 0.2) is 0 Å². The number of imide groups is 1. The lowest BCUT2D eigenvalue weighted by atomic mass is 9.67. The van der Waals surface area contributed by atoms with Gasteiger partial charge in [-0.1, -0.05) is 20.8 Å². The van der Waals surface area contributed by atoms with Gasteiger partial charge in [-0.3, -0.25) is 14.5 Å². The Labute approximate surface area is 174 Å². The molecule has 8 heteroatoms. The molecule has 7 nitrogen and oxygen atoms in total. The number of piperidine rings is 1. The SMILES string of the molecule is CC(C)(C)C1CCC2(CC1)NC(=O)N(CC(=O)N1CCC(CN)CC1)C2=O.Cl. The normalized spacial score (nSPS) is 29.1. The monoisotopic (exact) mass is 414 g/mol. The van der Waals surface area contributed by atoms with Crippen LogP contribution in [0, 0.1) is 17.3 Å². The Hall–Kier alpha value is -1.34. The van der Waals surface area contributed by atoms with Crippen LogP contribution in [0.1, 0.15) is 59.3 Å². The maximum atomic E-state index is 13.0. The van der Waals surface area contributed by atoms with E-state index >= 15 is 0 Å². The third-order valence-electron chi connectivity index (χ3n) is 6.90. The molecule has 4 amide bonds. The second-order valence-corrected chi connectivity index (χ2v) is 9.60. The Bertz CT molecular complexity index is 603. The Kier molecular flexibility index (Phi) is 7.03. The summed E-state index contributed by atoms with van der Waals surface area (Å²) in [5.74, 6) is 0.652. The van der Waals surface area contributed by atoms with Gasteiger partial charge in [0.25, 0.3) is 5.91 Å². The maximum absolute atomic E-state index is 13.0. The maximum Gasteiger partial charge on any atom is 0.325 e. The number of carbonyl (C=O) groups is 3. The van der Waals surface area contributed by atoms with E-state index < -0.39 is 11.6 Å². The third-order valence-corrected chi connectivity index (χ3v) is 6.90. The average molecular weight is 415 g/mol. The quantitative estimate of drug-likeness (QED) is 0.691. The van der Waals surface area contributed by atoms with Crippen LogP contribution in [0.2, 0.25) is 0 Å². The molecule has 0 atom stereocenters. The zero-order valence-corrected chi connectivity index (χ0v) is 18.1. The van der Waals surface area contributed by atoms with Gasteiger partial charge in [-0.2, -0.15) is 0 Å². The highest BCUT2D eigenvalue weighted by Crippen LogP contribution is 2.43. The van der Waals surface area contributed by atoms with Gasteiger partial charge in [-0.15, -0.1) is 12.4 Å². The first kappa shape index (κ1) is 22.9. The number of likely N-dealkylation sites (tertiary alicyclic amines) is 1. The first-order valence-electron chi connectivity index (χ1n) is 10.3. The number of amides is 4. The molecule has 0 unspecified atom stereocenters. The molecule has 0 aromatic heterocycles. The second-order valence-electron chi connectivity index (χ2n) is 9.60. The Morgan fingerprint density at radius 3 is 2.21 bits per heavy atom. The number of rotatable bonds is 3. The summed E-state index contributed by atoms with van der Waals surface area (Å²) in [6, 6.07) is -0.417. The fourth-order valence-corrected chi connectivity index (χ4v) is 4.79. The smallest absolute Gasteiger partial charge is 0.325 e. The van der Waals surface area contributed by atoms with Crippen molar-refractivity contribution in [2.45, 2.75) is 64.8 Å². The number of carbonyl (C=O) groups excluding carboxylic acids is 3. The van der Waals surface area contributed by atoms with E-state index in [1.54, 1.807) is 4.90 Å². The molecule has 0 bridgehead atoms. The van der Waals surface area contributed by atoms with E-state index in [0.29, 0.717) is 44.3 Å². The first-order chi connectivity index (χ1) is 12.7. The molecule has 0 radical (unpaired) electrons. The van der Waals surface area contributed by atoms with Crippen molar-refractivity contribution in [3.63, 3.8) is 0 Å². The molecule has 2 heterocycles. The lowest BCUT2D eigenvalue weighted by Gasteiger charge is -2.40. The zero-order chi connectivity index (χ0) is 19.8. The Morgan fingerprint density at radius 1 is 1.14 bits per heavy atom. The molecular weight excluding hydrogens is 380 g/mol. The molecule has 1 saturated carbocycles. The minimum absolute atomic E-state index is 0. The molecule has 1 aliphatic carbocycles. The summed E-state index contributed by atoms with van der Waals surface area (Å²) in [6.07, 6.45) is 4.94. The lowest BCUT2D eigenvalue weighted by Crippen LogP contribution is -2.51. The van der Waals surface area contributed by atoms with Crippen molar-refractivity contribution >= 4 is 30.3 Å². The second kappa shape index (κ2) is 8.57. The van der Waals surface area contributed by atoms with Gasteiger partial charge in [-0.05, 0) is 62.3 Å². The van der Waals surface area contributed by atoms with Crippen LogP contribution < -0.4 is 11.1 Å². The van der Waals surface area contributed by atoms with Crippen LogP contribution in [0.5, 0.6) is 0 Å². The molecule has 0 aromatic rings. The van der Waals surface area contributed by atoms with Gasteiger partial charge in [0.2, 0.25) is 5.91 Å². The van der Waals surface area contributed by atoms with Crippen molar-refractivity contribution in [2.24, 2.45) is 23.0 Å². The highest BCUT2D eigenvalue weighted by molar-refractivity contribution is 6.09. The van der Waals surface area contributed by atoms with Crippen LogP contribution in [0.4, 0.5) is 4.79 Å². The van der Waals surface area contributed by atoms with E-state index in [4.69, 9.17) is 5.73 Å². The number of hydrogen-bond acceptors (Lipinski definition) is 4. The van der Waals surface area contributed by atoms with Crippen molar-refractivity contribution in [3.8, 4) is 0 Å². The third kappa shape index (κ3) is 4.46. The molecule has 1 spiro atoms. The van der Waals surface area contributed by atoms with E-state index in [-0.39, 0.29) is 36.2 Å². The summed E-state index contributed by atoms with van der Waals surface area (Å²) in [7, 11) is 0. The van der Waals surface area contributed by atoms with Gasteiger partial charge in [0, 0.05) is 13.1 Å². The first-order valence-corrected chi connectivity index (χ1v) is 10.3. The lowest BCUT2D eigenvalue weighted by molar-refractivity contribution is -0.140. The molecule has 2 aliphatic heterocycles.